The van der Waals surface area contributed by atoms with E-state index in [2.05, 4.69) is 4.72 Å². The number of rotatable bonds is 6. The predicted octanol–water partition coefficient (Wildman–Crippen LogP) is 3.43. The molecule has 0 aliphatic carbocycles. The van der Waals surface area contributed by atoms with Crippen LogP contribution < -0.4 is 4.72 Å². The van der Waals surface area contributed by atoms with E-state index in [0.717, 1.165) is 30.5 Å². The van der Waals surface area contributed by atoms with Gasteiger partial charge in [0.2, 0.25) is 10.0 Å². The minimum Gasteiger partial charge on any atom is -0.273 e. The summed E-state index contributed by atoms with van der Waals surface area (Å²) < 4.78 is 55.2. The third-order valence-electron chi connectivity index (χ3n) is 5.30. The molecule has 168 valence electrons. The number of nitro benzene ring substituents is 1. The zero-order valence-electron chi connectivity index (χ0n) is 17.5. The predicted molar refractivity (Wildman–Crippen MR) is 117 cm³/mol. The average Bonchev–Trinajstić information content (AvgIpc) is 2.69. The highest BCUT2D eigenvalue weighted by Gasteiger charge is 2.31. The van der Waals surface area contributed by atoms with Gasteiger partial charge in [0.15, 0.2) is 0 Å². The van der Waals surface area contributed by atoms with Gasteiger partial charge in [0.25, 0.3) is 15.7 Å². The Labute approximate surface area is 182 Å². The molecule has 0 unspecified atom stereocenters. The normalized spacial score (nSPS) is 18.0. The highest BCUT2D eigenvalue weighted by atomic mass is 32.2. The van der Waals surface area contributed by atoms with Crippen LogP contribution in [0, 0.1) is 29.9 Å². The van der Waals surface area contributed by atoms with Gasteiger partial charge in [0, 0.05) is 19.2 Å². The number of hydrogen-bond acceptors (Lipinski definition) is 6. The van der Waals surface area contributed by atoms with E-state index in [1.807, 2.05) is 6.92 Å². The Bertz CT molecular complexity index is 1230. The maximum atomic E-state index is 13.0. The molecule has 1 saturated heterocycles. The largest absolute Gasteiger partial charge is 0.294 e. The SMILES string of the molecule is Cc1ccc(C)c(S(=O)(=O)Nc2ccc(S(=O)(=O)N3CCC[C@@H](C)C3)cc2[N+](=O)[O-])c1. The molecule has 1 aliphatic heterocycles. The first-order valence-corrected chi connectivity index (χ1v) is 12.7. The fraction of sp³-hybridized carbons (Fsp3) is 0.400. The van der Waals surface area contributed by atoms with Crippen LogP contribution in [0.4, 0.5) is 11.4 Å². The van der Waals surface area contributed by atoms with E-state index < -0.39 is 30.7 Å². The van der Waals surface area contributed by atoms with Crippen molar-refractivity contribution in [3.8, 4) is 0 Å². The van der Waals surface area contributed by atoms with Crippen molar-refractivity contribution in [3.05, 3.63) is 57.6 Å². The molecule has 1 aliphatic rings. The highest BCUT2D eigenvalue weighted by Crippen LogP contribution is 2.32. The van der Waals surface area contributed by atoms with Crippen molar-refractivity contribution in [2.24, 2.45) is 5.92 Å². The van der Waals surface area contributed by atoms with Gasteiger partial charge < -0.3 is 0 Å². The van der Waals surface area contributed by atoms with Crippen molar-refractivity contribution in [1.29, 1.82) is 0 Å². The number of sulfonamides is 2. The van der Waals surface area contributed by atoms with Crippen LogP contribution in [-0.4, -0.2) is 39.2 Å². The Balaban J connectivity index is 2.00. The van der Waals surface area contributed by atoms with Crippen LogP contribution in [0.25, 0.3) is 0 Å². The standard InChI is InChI=1S/C20H25N3O6S2/c1-14-6-7-16(3)20(11-14)30(26,27)21-18-9-8-17(12-19(18)23(24)25)31(28,29)22-10-4-5-15(2)13-22/h6-9,11-12,15,21H,4-5,10,13H2,1-3H3/t15-/m1/s1. The number of piperidine rings is 1. The van der Waals surface area contributed by atoms with Crippen molar-refractivity contribution in [2.75, 3.05) is 17.8 Å². The third-order valence-corrected chi connectivity index (χ3v) is 8.67. The lowest BCUT2D eigenvalue weighted by atomic mass is 10.0. The van der Waals surface area contributed by atoms with Crippen molar-refractivity contribution >= 4 is 31.4 Å². The van der Waals surface area contributed by atoms with Gasteiger partial charge in [-0.25, -0.2) is 16.8 Å². The van der Waals surface area contributed by atoms with Crippen LogP contribution in [0.15, 0.2) is 46.2 Å². The van der Waals surface area contributed by atoms with Gasteiger partial charge in [-0.1, -0.05) is 19.1 Å². The van der Waals surface area contributed by atoms with Crippen molar-refractivity contribution in [2.45, 2.75) is 43.4 Å². The van der Waals surface area contributed by atoms with Crippen LogP contribution in [0.5, 0.6) is 0 Å². The zero-order valence-corrected chi connectivity index (χ0v) is 19.2. The van der Waals surface area contributed by atoms with Gasteiger partial charge in [-0.2, -0.15) is 4.31 Å². The Kier molecular flexibility index (Phi) is 6.40. The lowest BCUT2D eigenvalue weighted by molar-refractivity contribution is -0.384. The second-order valence-electron chi connectivity index (χ2n) is 7.92. The molecule has 1 fully saturated rings. The fourth-order valence-electron chi connectivity index (χ4n) is 3.62. The summed E-state index contributed by atoms with van der Waals surface area (Å²) in [5.74, 6) is 0.196. The van der Waals surface area contributed by atoms with E-state index in [-0.39, 0.29) is 21.4 Å². The van der Waals surface area contributed by atoms with Crippen molar-refractivity contribution in [1.82, 2.24) is 4.31 Å². The minimum absolute atomic E-state index is 0.000741. The summed E-state index contributed by atoms with van der Waals surface area (Å²) in [6, 6.07) is 8.12. The van der Waals surface area contributed by atoms with E-state index in [4.69, 9.17) is 0 Å². The van der Waals surface area contributed by atoms with Gasteiger partial charge >= 0.3 is 0 Å². The molecule has 2 aromatic rings. The summed E-state index contributed by atoms with van der Waals surface area (Å²) in [6.07, 6.45) is 1.64. The molecule has 3 rings (SSSR count). The first-order valence-electron chi connectivity index (χ1n) is 9.80. The second-order valence-corrected chi connectivity index (χ2v) is 11.5. The fourth-order valence-corrected chi connectivity index (χ4v) is 6.64. The first-order chi connectivity index (χ1) is 14.4. The van der Waals surface area contributed by atoms with Gasteiger partial charge in [-0.3, -0.25) is 14.8 Å². The molecule has 0 amide bonds. The Morgan fingerprint density at radius 1 is 1.10 bits per heavy atom. The van der Waals surface area contributed by atoms with Crippen LogP contribution in [0.2, 0.25) is 0 Å². The van der Waals surface area contributed by atoms with Gasteiger partial charge in [-0.15, -0.1) is 0 Å². The highest BCUT2D eigenvalue weighted by molar-refractivity contribution is 7.92. The lowest BCUT2D eigenvalue weighted by Crippen LogP contribution is -2.39. The van der Waals surface area contributed by atoms with Crippen LogP contribution in [0.1, 0.15) is 30.9 Å². The van der Waals surface area contributed by atoms with E-state index in [9.17, 15) is 26.9 Å². The summed E-state index contributed by atoms with van der Waals surface area (Å²) in [6.45, 7) is 6.01. The van der Waals surface area contributed by atoms with Crippen LogP contribution >= 0.6 is 0 Å². The lowest BCUT2D eigenvalue weighted by Gasteiger charge is -2.30. The molecule has 9 nitrogen and oxygen atoms in total. The molecule has 11 heteroatoms. The smallest absolute Gasteiger partial charge is 0.273 e. The molecule has 0 aromatic heterocycles. The van der Waals surface area contributed by atoms with Crippen LogP contribution in [0.3, 0.4) is 0 Å². The number of benzene rings is 2. The number of aryl methyl sites for hydroxylation is 2. The molecule has 1 heterocycles. The first kappa shape index (κ1) is 23.2. The number of nitrogens with zero attached hydrogens (tertiary/aromatic N) is 2. The Hall–Kier alpha value is -2.50. The van der Waals surface area contributed by atoms with Gasteiger partial charge in [0.1, 0.15) is 5.69 Å². The maximum absolute atomic E-state index is 13.0. The second kappa shape index (κ2) is 8.56. The molecule has 1 N–H and O–H groups in total. The number of nitrogens with one attached hydrogen (secondary N) is 1. The summed E-state index contributed by atoms with van der Waals surface area (Å²) in [5, 5.41) is 11.6. The van der Waals surface area contributed by atoms with E-state index >= 15 is 0 Å². The van der Waals surface area contributed by atoms with Gasteiger partial charge in [0.05, 0.1) is 14.7 Å². The maximum Gasteiger partial charge on any atom is 0.294 e. The number of anilines is 1. The van der Waals surface area contributed by atoms with E-state index in [0.29, 0.717) is 18.7 Å². The Morgan fingerprint density at radius 2 is 1.81 bits per heavy atom. The monoisotopic (exact) mass is 467 g/mol. The van der Waals surface area contributed by atoms with E-state index in [1.165, 1.54) is 16.4 Å². The number of nitro groups is 1. The average molecular weight is 468 g/mol. The van der Waals surface area contributed by atoms with Gasteiger partial charge in [-0.05, 0) is 61.9 Å². The molecule has 31 heavy (non-hydrogen) atoms. The molecular formula is C20H25N3O6S2. The molecule has 0 radical (unpaired) electrons. The molecule has 0 saturated carbocycles. The van der Waals surface area contributed by atoms with E-state index in [1.54, 1.807) is 26.0 Å². The Morgan fingerprint density at radius 3 is 2.45 bits per heavy atom. The molecule has 0 spiro atoms. The number of hydrogen-bond donors (Lipinski definition) is 1. The van der Waals surface area contributed by atoms with Crippen molar-refractivity contribution < 1.29 is 21.8 Å². The topological polar surface area (TPSA) is 127 Å². The molecule has 2 aromatic carbocycles. The zero-order chi connectivity index (χ0) is 23.0. The van der Waals surface area contributed by atoms with Crippen LogP contribution in [-0.2, 0) is 20.0 Å². The molecular weight excluding hydrogens is 442 g/mol. The quantitative estimate of drug-likeness (QED) is 0.512. The summed E-state index contributed by atoms with van der Waals surface area (Å²) >= 11 is 0. The molecule has 0 bridgehead atoms. The third kappa shape index (κ3) is 4.89. The summed E-state index contributed by atoms with van der Waals surface area (Å²) in [5.41, 5.74) is 0.286. The summed E-state index contributed by atoms with van der Waals surface area (Å²) in [4.78, 5) is 10.6. The van der Waals surface area contributed by atoms with Crippen molar-refractivity contribution in [3.63, 3.8) is 0 Å². The minimum atomic E-state index is -4.11. The summed E-state index contributed by atoms with van der Waals surface area (Å²) in [7, 11) is -8.04. The molecule has 1 atom stereocenters.